The summed E-state index contributed by atoms with van der Waals surface area (Å²) in [7, 11) is 0. The van der Waals surface area contributed by atoms with Gasteiger partial charge >= 0.3 is 0 Å². The number of aliphatic hydroxyl groups excluding tert-OH is 2. The number of hydrogen-bond donors (Lipinski definition) is 2. The average molecular weight is 246 g/mol. The van der Waals surface area contributed by atoms with Crippen LogP contribution in [0.5, 0.6) is 0 Å². The molecule has 0 saturated carbocycles. The molecule has 2 N–H and O–H groups in total. The molecule has 0 aliphatic rings. The predicted octanol–water partition coefficient (Wildman–Crippen LogP) is 2.89. The number of unbranched alkanes of at least 4 members (excludes halogenated alkanes) is 8. The monoisotopic (exact) mass is 246 g/mol. The summed E-state index contributed by atoms with van der Waals surface area (Å²) in [6.45, 7) is 2.99. The van der Waals surface area contributed by atoms with Crippen molar-refractivity contribution in [1.82, 2.24) is 0 Å². The van der Waals surface area contributed by atoms with Crippen molar-refractivity contribution in [2.24, 2.45) is 0 Å². The van der Waals surface area contributed by atoms with Gasteiger partial charge in [-0.15, -0.1) is 0 Å². The molecule has 0 unspecified atom stereocenters. The minimum Gasteiger partial charge on any atom is -0.394 e. The van der Waals surface area contributed by atoms with E-state index in [0.29, 0.717) is 6.61 Å². The van der Waals surface area contributed by atoms with Gasteiger partial charge in [0.05, 0.1) is 13.2 Å². The predicted molar refractivity (Wildman–Crippen MR) is 71.1 cm³/mol. The lowest BCUT2D eigenvalue weighted by atomic mass is 10.1. The normalized spacial score (nSPS) is 12.9. The first-order valence-electron chi connectivity index (χ1n) is 7.18. The molecule has 0 aliphatic heterocycles. The van der Waals surface area contributed by atoms with Crippen molar-refractivity contribution in [2.45, 2.75) is 70.8 Å². The summed E-state index contributed by atoms with van der Waals surface area (Å²) in [4.78, 5) is 0. The Labute approximate surface area is 106 Å². The van der Waals surface area contributed by atoms with Gasteiger partial charge in [-0.2, -0.15) is 0 Å². The Balaban J connectivity index is 2.94. The van der Waals surface area contributed by atoms with E-state index in [1.54, 1.807) is 0 Å². The third-order valence-corrected chi connectivity index (χ3v) is 2.91. The molecular weight excluding hydrogens is 216 g/mol. The molecule has 0 saturated heterocycles. The van der Waals surface area contributed by atoms with Crippen molar-refractivity contribution in [3.63, 3.8) is 0 Å². The van der Waals surface area contributed by atoms with Gasteiger partial charge in [0.25, 0.3) is 0 Å². The van der Waals surface area contributed by atoms with Crippen LogP contribution in [0.25, 0.3) is 0 Å². The molecule has 17 heavy (non-hydrogen) atoms. The van der Waals surface area contributed by atoms with E-state index in [9.17, 15) is 0 Å². The van der Waals surface area contributed by atoms with E-state index in [1.807, 2.05) is 0 Å². The van der Waals surface area contributed by atoms with Crippen LogP contribution in [-0.2, 0) is 4.74 Å². The van der Waals surface area contributed by atoms with Crippen molar-refractivity contribution in [3.05, 3.63) is 0 Å². The first-order valence-corrected chi connectivity index (χ1v) is 7.18. The highest BCUT2D eigenvalue weighted by atomic mass is 16.5. The molecule has 0 radical (unpaired) electrons. The Morgan fingerprint density at radius 2 is 1.41 bits per heavy atom. The summed E-state index contributed by atoms with van der Waals surface area (Å²) in [5.41, 5.74) is 0. The number of aliphatic hydroxyl groups is 2. The minimum atomic E-state index is -0.714. The molecule has 0 rings (SSSR count). The largest absolute Gasteiger partial charge is 0.394 e. The average Bonchev–Trinajstić information content (AvgIpc) is 2.35. The van der Waals surface area contributed by atoms with Gasteiger partial charge in [0, 0.05) is 6.61 Å². The van der Waals surface area contributed by atoms with E-state index in [2.05, 4.69) is 6.92 Å². The van der Waals surface area contributed by atoms with E-state index >= 15 is 0 Å². The van der Waals surface area contributed by atoms with Gasteiger partial charge in [0.1, 0.15) is 6.10 Å². The highest BCUT2D eigenvalue weighted by Crippen LogP contribution is 2.09. The first-order chi connectivity index (χ1) is 8.31. The topological polar surface area (TPSA) is 49.7 Å². The summed E-state index contributed by atoms with van der Waals surface area (Å²) in [6, 6.07) is 0. The van der Waals surface area contributed by atoms with Crippen LogP contribution < -0.4 is 0 Å². The smallest absolute Gasteiger partial charge is 0.100 e. The summed E-state index contributed by atoms with van der Waals surface area (Å²) in [6.07, 6.45) is 11.0. The van der Waals surface area contributed by atoms with Gasteiger partial charge in [0.15, 0.2) is 0 Å². The number of rotatable bonds is 13. The number of ether oxygens (including phenoxy) is 1. The fourth-order valence-corrected chi connectivity index (χ4v) is 1.79. The van der Waals surface area contributed by atoms with Crippen LogP contribution in [-0.4, -0.2) is 36.1 Å². The Hall–Kier alpha value is -0.120. The molecule has 104 valence electrons. The molecule has 0 aliphatic carbocycles. The van der Waals surface area contributed by atoms with E-state index in [0.717, 1.165) is 6.42 Å². The van der Waals surface area contributed by atoms with Crippen LogP contribution in [0.4, 0.5) is 0 Å². The second kappa shape index (κ2) is 13.9. The van der Waals surface area contributed by atoms with Gasteiger partial charge in [-0.05, 0) is 6.42 Å². The molecule has 0 aromatic heterocycles. The maximum absolute atomic E-state index is 9.03. The SMILES string of the molecule is CCCCCCCCCCCOC[C@H](O)CO. The molecule has 0 amide bonds. The van der Waals surface area contributed by atoms with E-state index in [1.165, 1.54) is 51.4 Å². The molecule has 0 aromatic rings. The molecule has 1 atom stereocenters. The van der Waals surface area contributed by atoms with Gasteiger partial charge in [-0.25, -0.2) is 0 Å². The lowest BCUT2D eigenvalue weighted by Gasteiger charge is -2.07. The Bertz CT molecular complexity index is 139. The molecule has 0 fully saturated rings. The van der Waals surface area contributed by atoms with Gasteiger partial charge < -0.3 is 14.9 Å². The van der Waals surface area contributed by atoms with Crippen molar-refractivity contribution >= 4 is 0 Å². The van der Waals surface area contributed by atoms with Crippen LogP contribution >= 0.6 is 0 Å². The van der Waals surface area contributed by atoms with Crippen molar-refractivity contribution in [3.8, 4) is 0 Å². The minimum absolute atomic E-state index is 0.211. The maximum atomic E-state index is 9.03. The summed E-state index contributed by atoms with van der Waals surface area (Å²) in [5, 5.41) is 17.6. The molecular formula is C14H30O3. The van der Waals surface area contributed by atoms with Crippen molar-refractivity contribution in [1.29, 1.82) is 0 Å². The Kier molecular flexibility index (Phi) is 13.8. The molecule has 3 heteroatoms. The van der Waals surface area contributed by atoms with Gasteiger partial charge in [0.2, 0.25) is 0 Å². The lowest BCUT2D eigenvalue weighted by Crippen LogP contribution is -2.19. The van der Waals surface area contributed by atoms with Crippen LogP contribution in [0.3, 0.4) is 0 Å². The van der Waals surface area contributed by atoms with Crippen LogP contribution in [0, 0.1) is 0 Å². The highest BCUT2D eigenvalue weighted by molar-refractivity contribution is 4.50. The second-order valence-corrected chi connectivity index (χ2v) is 4.74. The summed E-state index contributed by atoms with van der Waals surface area (Å²) >= 11 is 0. The zero-order valence-corrected chi connectivity index (χ0v) is 11.4. The number of hydrogen-bond acceptors (Lipinski definition) is 3. The van der Waals surface area contributed by atoms with Crippen molar-refractivity contribution < 1.29 is 14.9 Å². The van der Waals surface area contributed by atoms with Gasteiger partial charge in [-0.3, -0.25) is 0 Å². The summed E-state index contributed by atoms with van der Waals surface area (Å²) < 4.78 is 5.24. The third-order valence-electron chi connectivity index (χ3n) is 2.91. The van der Waals surface area contributed by atoms with E-state index < -0.39 is 6.10 Å². The molecule has 0 spiro atoms. The highest BCUT2D eigenvalue weighted by Gasteiger charge is 2.00. The van der Waals surface area contributed by atoms with Crippen molar-refractivity contribution in [2.75, 3.05) is 19.8 Å². The van der Waals surface area contributed by atoms with Gasteiger partial charge in [-0.1, -0.05) is 58.3 Å². The second-order valence-electron chi connectivity index (χ2n) is 4.74. The zero-order valence-electron chi connectivity index (χ0n) is 11.4. The standard InChI is InChI=1S/C14H30O3/c1-2-3-4-5-6-7-8-9-10-11-17-13-14(16)12-15/h14-16H,2-13H2,1H3/t14-/m1/s1. The van der Waals surface area contributed by atoms with E-state index in [-0.39, 0.29) is 13.2 Å². The van der Waals surface area contributed by atoms with Crippen LogP contribution in [0.15, 0.2) is 0 Å². The Morgan fingerprint density at radius 1 is 0.882 bits per heavy atom. The molecule has 0 aromatic carbocycles. The molecule has 3 nitrogen and oxygen atoms in total. The third kappa shape index (κ3) is 13.8. The lowest BCUT2D eigenvalue weighted by molar-refractivity contribution is 0.00526. The molecule has 0 heterocycles. The summed E-state index contributed by atoms with van der Waals surface area (Å²) in [5.74, 6) is 0. The molecule has 0 bridgehead atoms. The fourth-order valence-electron chi connectivity index (χ4n) is 1.79. The van der Waals surface area contributed by atoms with E-state index in [4.69, 9.17) is 14.9 Å². The maximum Gasteiger partial charge on any atom is 0.100 e. The van der Waals surface area contributed by atoms with Crippen LogP contribution in [0.2, 0.25) is 0 Å². The zero-order chi connectivity index (χ0) is 12.8. The fraction of sp³-hybridized carbons (Fsp3) is 1.00. The first kappa shape index (κ1) is 16.9. The Morgan fingerprint density at radius 3 is 1.94 bits per heavy atom. The quantitative estimate of drug-likeness (QED) is 0.491. The van der Waals surface area contributed by atoms with Crippen LogP contribution in [0.1, 0.15) is 64.7 Å².